The highest BCUT2D eigenvalue weighted by atomic mass is 19.1. The van der Waals surface area contributed by atoms with Gasteiger partial charge >= 0.3 is 6.09 Å². The Bertz CT molecular complexity index is 1460. The molecule has 3 amide bonds. The van der Waals surface area contributed by atoms with E-state index in [0.717, 1.165) is 17.7 Å². The second-order valence-corrected chi connectivity index (χ2v) is 13.9. The molecular formula is C36H51FN4O7. The molecular weight excluding hydrogens is 619 g/mol. The molecule has 2 aliphatic heterocycles. The minimum absolute atomic E-state index is 0.0188. The fourth-order valence-corrected chi connectivity index (χ4v) is 6.29. The predicted octanol–water partition coefficient (Wildman–Crippen LogP) is 5.21. The normalized spacial score (nSPS) is 19.0. The smallest absolute Gasteiger partial charge is 0.410 e. The maximum Gasteiger partial charge on any atom is 0.410 e. The number of methoxy groups -OCH3 is 1. The van der Waals surface area contributed by atoms with E-state index in [9.17, 15) is 14.4 Å². The maximum atomic E-state index is 15.7. The zero-order valence-electron chi connectivity index (χ0n) is 29.3. The Kier molecular flexibility index (Phi) is 12.0. The molecule has 2 aliphatic rings. The molecule has 0 bridgehead atoms. The van der Waals surface area contributed by atoms with Crippen LogP contribution >= 0.6 is 0 Å². The lowest BCUT2D eigenvalue weighted by molar-refractivity contribution is -0.132. The van der Waals surface area contributed by atoms with Crippen molar-refractivity contribution in [3.63, 3.8) is 0 Å². The van der Waals surface area contributed by atoms with Crippen molar-refractivity contribution in [2.75, 3.05) is 64.5 Å². The van der Waals surface area contributed by atoms with Gasteiger partial charge in [-0.2, -0.15) is 0 Å². The summed E-state index contributed by atoms with van der Waals surface area (Å²) in [7, 11) is 1.65. The molecule has 0 spiro atoms. The Hall–Kier alpha value is -3.90. The van der Waals surface area contributed by atoms with E-state index in [1.807, 2.05) is 52.0 Å². The van der Waals surface area contributed by atoms with Gasteiger partial charge in [-0.15, -0.1) is 0 Å². The molecule has 11 nitrogen and oxygen atoms in total. The Morgan fingerprint density at radius 2 is 1.92 bits per heavy atom. The Balaban J connectivity index is 1.64. The molecule has 0 aliphatic carbocycles. The van der Waals surface area contributed by atoms with Crippen LogP contribution in [0.2, 0.25) is 0 Å². The van der Waals surface area contributed by atoms with E-state index in [4.69, 9.17) is 24.7 Å². The number of hydrogen-bond donors (Lipinski definition) is 1. The zero-order chi connectivity index (χ0) is 35.2. The first-order valence-electron chi connectivity index (χ1n) is 16.7. The molecule has 4 rings (SSSR count). The van der Waals surface area contributed by atoms with Crippen LogP contribution in [0.3, 0.4) is 0 Å². The summed E-state index contributed by atoms with van der Waals surface area (Å²) in [5.74, 6) is -0.896. The van der Waals surface area contributed by atoms with Crippen molar-refractivity contribution in [2.24, 2.45) is 11.7 Å². The average molecular weight is 671 g/mol. The Labute approximate surface area is 283 Å². The number of likely N-dealkylation sites (tertiary alicyclic amines) is 1. The van der Waals surface area contributed by atoms with Crippen molar-refractivity contribution in [1.29, 1.82) is 0 Å². The maximum absolute atomic E-state index is 15.7. The molecule has 2 aromatic carbocycles. The van der Waals surface area contributed by atoms with Gasteiger partial charge in [-0.3, -0.25) is 9.59 Å². The number of halogens is 1. The van der Waals surface area contributed by atoms with Crippen LogP contribution < -0.4 is 20.1 Å². The summed E-state index contributed by atoms with van der Waals surface area (Å²) in [6, 6.07) is 10.5. The third kappa shape index (κ3) is 8.76. The minimum atomic E-state index is -1.21. The number of nitrogens with zero attached hydrogens (tertiary/aromatic N) is 3. The predicted molar refractivity (Wildman–Crippen MR) is 181 cm³/mol. The van der Waals surface area contributed by atoms with Crippen molar-refractivity contribution >= 4 is 23.6 Å². The molecule has 1 unspecified atom stereocenters. The van der Waals surface area contributed by atoms with Crippen LogP contribution in [0.25, 0.3) is 0 Å². The number of anilines is 1. The van der Waals surface area contributed by atoms with Crippen molar-refractivity contribution in [1.82, 2.24) is 9.80 Å². The lowest BCUT2D eigenvalue weighted by Crippen LogP contribution is -2.53. The van der Waals surface area contributed by atoms with Crippen molar-refractivity contribution in [3.8, 4) is 11.5 Å². The largest absolute Gasteiger partial charge is 0.493 e. The van der Waals surface area contributed by atoms with E-state index in [0.29, 0.717) is 45.0 Å². The first-order chi connectivity index (χ1) is 22.7. The molecule has 0 aromatic heterocycles. The lowest BCUT2D eigenvalue weighted by Gasteiger charge is -2.41. The number of piperidine rings is 1. The summed E-state index contributed by atoms with van der Waals surface area (Å²) in [6.07, 6.45) is 0.982. The number of rotatable bonds is 12. The number of ether oxygens (including phenoxy) is 4. The van der Waals surface area contributed by atoms with Gasteiger partial charge < -0.3 is 39.4 Å². The summed E-state index contributed by atoms with van der Waals surface area (Å²) in [5.41, 5.74) is 5.11. The topological polar surface area (TPSA) is 124 Å². The molecule has 2 heterocycles. The van der Waals surface area contributed by atoms with E-state index in [2.05, 4.69) is 0 Å². The molecule has 1 saturated heterocycles. The van der Waals surface area contributed by atoms with Crippen LogP contribution in [0.1, 0.15) is 76.2 Å². The van der Waals surface area contributed by atoms with Crippen LogP contribution in [0.15, 0.2) is 36.4 Å². The molecule has 2 atom stereocenters. The fourth-order valence-electron chi connectivity index (χ4n) is 6.29. The van der Waals surface area contributed by atoms with Crippen molar-refractivity contribution in [3.05, 3.63) is 53.3 Å². The van der Waals surface area contributed by atoms with Crippen LogP contribution in [-0.4, -0.2) is 98.5 Å². The van der Waals surface area contributed by atoms with Gasteiger partial charge in [-0.05, 0) is 77.6 Å². The van der Waals surface area contributed by atoms with E-state index in [-0.39, 0.29) is 48.7 Å². The summed E-state index contributed by atoms with van der Waals surface area (Å²) >= 11 is 0. The third-order valence-corrected chi connectivity index (χ3v) is 8.61. The highest BCUT2D eigenvalue weighted by molar-refractivity contribution is 6.04. The standard InChI is InChI=1S/C36H51FN4O7/c1-8-39(32(42)28-20-30-31(21-29(28)37)47-36(5,6)33(43)41(30)16-14-38)22-25-23-40(34(44)48-35(2,3)4)15-13-27(25)24-11-9-12-26(19-24)46-18-10-17-45-7/h9,11-12,19-21,25,27H,8,10,13-18,22-23,38H2,1-7H3/t25?,27-/m1/s1. The second-order valence-electron chi connectivity index (χ2n) is 13.9. The number of hydrogen-bond acceptors (Lipinski definition) is 8. The van der Waals surface area contributed by atoms with Gasteiger partial charge in [0.05, 0.1) is 17.9 Å². The number of nitrogens with two attached hydrogens (primary N) is 1. The van der Waals surface area contributed by atoms with E-state index < -0.39 is 29.0 Å². The molecule has 48 heavy (non-hydrogen) atoms. The van der Waals surface area contributed by atoms with Gasteiger partial charge in [0.15, 0.2) is 5.60 Å². The molecule has 1 fully saturated rings. The van der Waals surface area contributed by atoms with Crippen LogP contribution in [0.5, 0.6) is 11.5 Å². The first kappa shape index (κ1) is 36.9. The summed E-state index contributed by atoms with van der Waals surface area (Å²) < 4.78 is 38.3. The van der Waals surface area contributed by atoms with E-state index in [1.165, 1.54) is 17.0 Å². The minimum Gasteiger partial charge on any atom is -0.493 e. The number of benzene rings is 2. The molecule has 0 saturated carbocycles. The van der Waals surface area contributed by atoms with Crippen LogP contribution in [-0.2, 0) is 14.3 Å². The molecule has 2 aromatic rings. The van der Waals surface area contributed by atoms with Gasteiger partial charge in [-0.25, -0.2) is 9.18 Å². The van der Waals surface area contributed by atoms with Crippen LogP contribution in [0.4, 0.5) is 14.9 Å². The highest BCUT2D eigenvalue weighted by Crippen LogP contribution is 2.40. The number of amides is 3. The van der Waals surface area contributed by atoms with Gasteiger partial charge in [0.25, 0.3) is 11.8 Å². The van der Waals surface area contributed by atoms with Gasteiger partial charge in [0.1, 0.15) is 22.9 Å². The third-order valence-electron chi connectivity index (χ3n) is 8.61. The second kappa shape index (κ2) is 15.5. The number of carbonyl (C=O) groups is 3. The van der Waals surface area contributed by atoms with Gasteiger partial charge in [0, 0.05) is 71.4 Å². The summed E-state index contributed by atoms with van der Waals surface area (Å²) in [5, 5.41) is 0. The molecule has 12 heteroatoms. The summed E-state index contributed by atoms with van der Waals surface area (Å²) in [4.78, 5) is 45.1. The Morgan fingerprint density at radius 1 is 1.17 bits per heavy atom. The average Bonchev–Trinajstić information content (AvgIpc) is 3.03. The van der Waals surface area contributed by atoms with E-state index >= 15 is 4.39 Å². The quantitative estimate of drug-likeness (QED) is 0.306. The monoisotopic (exact) mass is 670 g/mol. The number of carbonyl (C=O) groups excluding carboxylic acids is 3. The van der Waals surface area contributed by atoms with Crippen molar-refractivity contribution < 1.29 is 37.7 Å². The van der Waals surface area contributed by atoms with Gasteiger partial charge in [-0.1, -0.05) is 12.1 Å². The van der Waals surface area contributed by atoms with Gasteiger partial charge in [0.2, 0.25) is 0 Å². The molecule has 0 radical (unpaired) electrons. The lowest BCUT2D eigenvalue weighted by atomic mass is 9.80. The number of fused-ring (bicyclic) bond motifs is 1. The van der Waals surface area contributed by atoms with Crippen molar-refractivity contribution in [2.45, 2.75) is 71.5 Å². The zero-order valence-corrected chi connectivity index (χ0v) is 29.3. The van der Waals surface area contributed by atoms with E-state index in [1.54, 1.807) is 30.8 Å². The molecule has 264 valence electrons. The van der Waals surface area contributed by atoms with Crippen LogP contribution in [0, 0.1) is 11.7 Å². The SMILES string of the molecule is CCN(CC1CN(C(=O)OC(C)(C)C)CC[C@@H]1c1cccc(OCCCOC)c1)C(=O)c1cc2c(cc1F)OC(C)(C)C(=O)N2CCN. The highest BCUT2D eigenvalue weighted by Gasteiger charge is 2.42. The Morgan fingerprint density at radius 3 is 2.58 bits per heavy atom. The first-order valence-corrected chi connectivity index (χ1v) is 16.7. The fraction of sp³-hybridized carbons (Fsp3) is 0.583. The molecule has 2 N–H and O–H groups in total. The summed E-state index contributed by atoms with van der Waals surface area (Å²) in [6.45, 7) is 13.4.